The summed E-state index contributed by atoms with van der Waals surface area (Å²) >= 11 is 0. The lowest BCUT2D eigenvalue weighted by Gasteiger charge is -2.20. The van der Waals surface area contributed by atoms with E-state index in [1.54, 1.807) is 6.08 Å². The van der Waals surface area contributed by atoms with Gasteiger partial charge in [-0.1, -0.05) is 30.9 Å². The molecule has 0 amide bonds. The number of benzene rings is 1. The van der Waals surface area contributed by atoms with Crippen LogP contribution in [0.15, 0.2) is 30.8 Å². The molecule has 0 heterocycles. The predicted octanol–water partition coefficient (Wildman–Crippen LogP) is 3.45. The number of ether oxygens (including phenoxy) is 3. The molecule has 0 aromatic heterocycles. The van der Waals surface area contributed by atoms with Gasteiger partial charge in [-0.2, -0.15) is 0 Å². The monoisotopic (exact) mass is 236 g/mol. The largest absolute Gasteiger partial charge is 0.465 e. The van der Waals surface area contributed by atoms with Crippen LogP contribution in [-0.4, -0.2) is 19.2 Å². The third-order valence-corrected chi connectivity index (χ3v) is 2.22. The van der Waals surface area contributed by atoms with Crippen LogP contribution in [0.3, 0.4) is 0 Å². The lowest BCUT2D eigenvalue weighted by atomic mass is 10.2. The maximum Gasteiger partial charge on any atom is 0.199 e. The lowest BCUT2D eigenvalue weighted by molar-refractivity contribution is -0.202. The minimum absolute atomic E-state index is 0.272. The third-order valence-electron chi connectivity index (χ3n) is 2.22. The second kappa shape index (κ2) is 7.09. The van der Waals surface area contributed by atoms with Gasteiger partial charge in [-0.3, -0.25) is 0 Å². The van der Waals surface area contributed by atoms with Crippen molar-refractivity contribution < 1.29 is 14.2 Å². The van der Waals surface area contributed by atoms with Crippen LogP contribution in [0.2, 0.25) is 0 Å². The molecule has 17 heavy (non-hydrogen) atoms. The molecule has 0 aliphatic carbocycles. The smallest absolute Gasteiger partial charge is 0.199 e. The zero-order chi connectivity index (χ0) is 12.7. The average molecular weight is 236 g/mol. The highest BCUT2D eigenvalue weighted by molar-refractivity contribution is 5.55. The van der Waals surface area contributed by atoms with Crippen LogP contribution in [0.5, 0.6) is 5.75 Å². The zero-order valence-electron chi connectivity index (χ0n) is 10.7. The Balaban J connectivity index is 2.55. The molecule has 3 nitrogen and oxygen atoms in total. The van der Waals surface area contributed by atoms with Crippen molar-refractivity contribution in [2.75, 3.05) is 6.61 Å². The Bertz CT molecular complexity index is 349. The minimum Gasteiger partial charge on any atom is -0.465 e. The molecule has 94 valence electrons. The zero-order valence-corrected chi connectivity index (χ0v) is 10.7. The highest BCUT2D eigenvalue weighted by Gasteiger charge is 2.10. The fraction of sp³-hybridized carbons (Fsp3) is 0.429. The highest BCUT2D eigenvalue weighted by Crippen LogP contribution is 2.20. The summed E-state index contributed by atoms with van der Waals surface area (Å²) in [5.74, 6) is 0.763. The van der Waals surface area contributed by atoms with Crippen LogP contribution in [0.1, 0.15) is 26.3 Å². The van der Waals surface area contributed by atoms with Crippen molar-refractivity contribution in [2.45, 2.75) is 33.4 Å². The van der Waals surface area contributed by atoms with E-state index in [0.717, 1.165) is 11.3 Å². The van der Waals surface area contributed by atoms with Crippen molar-refractivity contribution in [2.24, 2.45) is 0 Å². The maximum absolute atomic E-state index is 5.68. The third kappa shape index (κ3) is 4.59. The van der Waals surface area contributed by atoms with Gasteiger partial charge >= 0.3 is 0 Å². The lowest BCUT2D eigenvalue weighted by Crippen LogP contribution is -2.24. The molecular weight excluding hydrogens is 216 g/mol. The van der Waals surface area contributed by atoms with Gasteiger partial charge in [0.05, 0.1) is 0 Å². The Hall–Kier alpha value is -1.32. The number of rotatable bonds is 7. The summed E-state index contributed by atoms with van der Waals surface area (Å²) in [4.78, 5) is 0. The Kier molecular flexibility index (Phi) is 5.73. The Morgan fingerprint density at radius 2 is 1.94 bits per heavy atom. The van der Waals surface area contributed by atoms with Gasteiger partial charge in [0.1, 0.15) is 5.75 Å². The fourth-order valence-corrected chi connectivity index (χ4v) is 1.51. The van der Waals surface area contributed by atoms with Crippen LogP contribution in [0, 0.1) is 0 Å². The van der Waals surface area contributed by atoms with E-state index in [1.165, 1.54) is 0 Å². The van der Waals surface area contributed by atoms with Gasteiger partial charge in [-0.15, -0.1) is 0 Å². The maximum atomic E-state index is 5.68. The van der Waals surface area contributed by atoms with Crippen molar-refractivity contribution in [3.05, 3.63) is 36.4 Å². The standard InChI is InChI=1S/C14H20O3/c1-5-13-9-7-8-10-14(13)17-12(4)16-11(3)15-6-2/h5,7-12H,1,6H2,2-4H3. The molecule has 3 heteroatoms. The van der Waals surface area contributed by atoms with Gasteiger partial charge in [0.2, 0.25) is 0 Å². The molecule has 1 aromatic carbocycles. The molecule has 0 N–H and O–H groups in total. The number of hydrogen-bond acceptors (Lipinski definition) is 3. The average Bonchev–Trinajstić information content (AvgIpc) is 2.29. The van der Waals surface area contributed by atoms with E-state index in [0.29, 0.717) is 6.61 Å². The van der Waals surface area contributed by atoms with Crippen LogP contribution < -0.4 is 4.74 Å². The van der Waals surface area contributed by atoms with E-state index < -0.39 is 0 Å². The summed E-state index contributed by atoms with van der Waals surface area (Å²) in [5, 5.41) is 0. The van der Waals surface area contributed by atoms with Crippen LogP contribution in [0.25, 0.3) is 6.08 Å². The van der Waals surface area contributed by atoms with E-state index in [1.807, 2.05) is 45.0 Å². The van der Waals surface area contributed by atoms with Gasteiger partial charge in [-0.25, -0.2) is 0 Å². The SMILES string of the molecule is C=Cc1ccccc1OC(C)OC(C)OCC. The Morgan fingerprint density at radius 3 is 2.59 bits per heavy atom. The molecule has 0 bridgehead atoms. The molecule has 0 radical (unpaired) electrons. The van der Waals surface area contributed by atoms with E-state index in [4.69, 9.17) is 14.2 Å². The van der Waals surface area contributed by atoms with Crippen LogP contribution in [-0.2, 0) is 9.47 Å². The molecule has 2 unspecified atom stereocenters. The van der Waals surface area contributed by atoms with Gasteiger partial charge in [0, 0.05) is 12.2 Å². The number of hydrogen-bond donors (Lipinski definition) is 0. The molecule has 0 aliphatic rings. The first kappa shape index (κ1) is 13.7. The normalized spacial score (nSPS) is 14.1. The molecule has 2 atom stereocenters. The van der Waals surface area contributed by atoms with E-state index in [-0.39, 0.29) is 12.6 Å². The summed E-state index contributed by atoms with van der Waals surface area (Å²) < 4.78 is 16.5. The van der Waals surface area contributed by atoms with Crippen molar-refractivity contribution >= 4 is 6.08 Å². The Morgan fingerprint density at radius 1 is 1.24 bits per heavy atom. The Labute approximate surface area is 103 Å². The van der Waals surface area contributed by atoms with Crippen molar-refractivity contribution in [1.29, 1.82) is 0 Å². The molecule has 0 aliphatic heterocycles. The first-order chi connectivity index (χ1) is 8.17. The molecule has 1 rings (SSSR count). The van der Waals surface area contributed by atoms with Gasteiger partial charge in [-0.05, 0) is 26.8 Å². The quantitative estimate of drug-likeness (QED) is 0.679. The van der Waals surface area contributed by atoms with E-state index >= 15 is 0 Å². The predicted molar refractivity (Wildman–Crippen MR) is 68.8 cm³/mol. The van der Waals surface area contributed by atoms with Gasteiger partial charge in [0.15, 0.2) is 12.6 Å². The van der Waals surface area contributed by atoms with Crippen LogP contribution in [0.4, 0.5) is 0 Å². The second-order valence-electron chi connectivity index (χ2n) is 3.59. The van der Waals surface area contributed by atoms with Gasteiger partial charge < -0.3 is 14.2 Å². The molecule has 0 saturated carbocycles. The van der Waals surface area contributed by atoms with E-state index in [9.17, 15) is 0 Å². The summed E-state index contributed by atoms with van der Waals surface area (Å²) in [7, 11) is 0. The van der Waals surface area contributed by atoms with Crippen molar-refractivity contribution in [3.63, 3.8) is 0 Å². The molecule has 1 aromatic rings. The summed E-state index contributed by atoms with van der Waals surface area (Å²) in [5.41, 5.74) is 0.951. The first-order valence-electron chi connectivity index (χ1n) is 5.82. The first-order valence-corrected chi connectivity index (χ1v) is 5.82. The summed E-state index contributed by atoms with van der Waals surface area (Å²) in [6, 6.07) is 7.70. The summed E-state index contributed by atoms with van der Waals surface area (Å²) in [6.07, 6.45) is 1.12. The molecule has 0 spiro atoms. The summed E-state index contributed by atoms with van der Waals surface area (Å²) in [6.45, 7) is 9.99. The topological polar surface area (TPSA) is 27.7 Å². The van der Waals surface area contributed by atoms with Crippen molar-refractivity contribution in [1.82, 2.24) is 0 Å². The molecule has 0 fully saturated rings. The number of para-hydroxylation sites is 1. The fourth-order valence-electron chi connectivity index (χ4n) is 1.51. The molecule has 0 saturated heterocycles. The highest BCUT2D eigenvalue weighted by atomic mass is 16.8. The molecular formula is C14H20O3. The van der Waals surface area contributed by atoms with Crippen molar-refractivity contribution in [3.8, 4) is 5.75 Å². The van der Waals surface area contributed by atoms with E-state index in [2.05, 4.69) is 6.58 Å². The minimum atomic E-state index is -0.363. The second-order valence-corrected chi connectivity index (χ2v) is 3.59. The van der Waals surface area contributed by atoms with Gasteiger partial charge in [0.25, 0.3) is 0 Å². The van der Waals surface area contributed by atoms with Crippen LogP contribution >= 0.6 is 0 Å².